The molecule has 0 spiro atoms. The zero-order valence-corrected chi connectivity index (χ0v) is 16.5. The zero-order chi connectivity index (χ0) is 19.1. The van der Waals surface area contributed by atoms with Gasteiger partial charge in [-0.05, 0) is 37.5 Å². The second-order valence-electron chi connectivity index (χ2n) is 6.45. The molecule has 0 aliphatic carbocycles. The van der Waals surface area contributed by atoms with Gasteiger partial charge < -0.3 is 9.47 Å². The Kier molecular flexibility index (Phi) is 7.16. The second-order valence-corrected chi connectivity index (χ2v) is 7.45. The number of unbranched alkanes of at least 4 members (excludes halogenated alkanes) is 1. The molecule has 6 heteroatoms. The lowest BCUT2D eigenvalue weighted by Crippen LogP contribution is -2.09. The summed E-state index contributed by atoms with van der Waals surface area (Å²) in [4.78, 5) is 17.2. The number of nitrogens with zero attached hydrogens (tertiary/aromatic N) is 2. The third-order valence-corrected chi connectivity index (χ3v) is 4.82. The van der Waals surface area contributed by atoms with E-state index in [1.807, 2.05) is 19.9 Å². The second kappa shape index (κ2) is 9.35. The number of ether oxygens (including phenoxy) is 2. The topological polar surface area (TPSA) is 72.2 Å². The normalized spacial score (nSPS) is 10.6. The Morgan fingerprint density at radius 1 is 1.38 bits per heavy atom. The van der Waals surface area contributed by atoms with Gasteiger partial charge in [-0.25, -0.2) is 9.78 Å². The number of benzene rings is 1. The maximum Gasteiger partial charge on any atom is 0.350 e. The Morgan fingerprint density at radius 2 is 2.15 bits per heavy atom. The van der Waals surface area contributed by atoms with Crippen molar-refractivity contribution in [3.05, 3.63) is 34.3 Å². The third-order valence-electron chi connectivity index (χ3n) is 3.63. The summed E-state index contributed by atoms with van der Waals surface area (Å²) in [7, 11) is 0. The van der Waals surface area contributed by atoms with Crippen molar-refractivity contribution in [3.63, 3.8) is 0 Å². The Morgan fingerprint density at radius 3 is 2.81 bits per heavy atom. The van der Waals surface area contributed by atoms with E-state index >= 15 is 0 Å². The SMILES string of the molecule is CCCCOc1ccc(-c2nc(C)c(C(=O)OCC(C)C)s2)cc1C#N. The quantitative estimate of drug-likeness (QED) is 0.482. The number of thiazole rings is 1. The molecule has 0 radical (unpaired) electrons. The molecule has 0 atom stereocenters. The predicted octanol–water partition coefficient (Wildman–Crippen LogP) is 4.98. The van der Waals surface area contributed by atoms with Crippen molar-refractivity contribution >= 4 is 17.3 Å². The number of aromatic nitrogens is 1. The lowest BCUT2D eigenvalue weighted by molar-refractivity contribution is 0.0463. The van der Waals surface area contributed by atoms with Crippen LogP contribution in [-0.2, 0) is 4.74 Å². The molecule has 0 N–H and O–H groups in total. The number of aryl methyl sites for hydroxylation is 1. The van der Waals surface area contributed by atoms with Gasteiger partial charge in [-0.1, -0.05) is 27.2 Å². The minimum atomic E-state index is -0.347. The molecule has 0 saturated heterocycles. The van der Waals surface area contributed by atoms with Gasteiger partial charge in [0.1, 0.15) is 21.7 Å². The fourth-order valence-corrected chi connectivity index (χ4v) is 3.18. The van der Waals surface area contributed by atoms with Crippen LogP contribution in [0.1, 0.15) is 54.5 Å². The first kappa shape index (κ1) is 19.9. The van der Waals surface area contributed by atoms with Crippen molar-refractivity contribution in [2.75, 3.05) is 13.2 Å². The molecular formula is C20H24N2O3S. The summed E-state index contributed by atoms with van der Waals surface area (Å²) in [5.74, 6) is 0.514. The van der Waals surface area contributed by atoms with Crippen LogP contribution in [0, 0.1) is 24.2 Å². The van der Waals surface area contributed by atoms with E-state index in [-0.39, 0.29) is 11.9 Å². The third kappa shape index (κ3) is 5.06. The molecule has 5 nitrogen and oxygen atoms in total. The molecule has 26 heavy (non-hydrogen) atoms. The summed E-state index contributed by atoms with van der Waals surface area (Å²) in [5, 5.41) is 10.1. The number of carbonyl (C=O) groups is 1. The zero-order valence-electron chi connectivity index (χ0n) is 15.7. The van der Waals surface area contributed by atoms with E-state index in [4.69, 9.17) is 9.47 Å². The number of rotatable bonds is 8. The predicted molar refractivity (Wildman–Crippen MR) is 103 cm³/mol. The number of nitriles is 1. The lowest BCUT2D eigenvalue weighted by Gasteiger charge is -2.08. The summed E-state index contributed by atoms with van der Waals surface area (Å²) < 4.78 is 11.0. The minimum Gasteiger partial charge on any atom is -0.492 e. The molecule has 0 aliphatic rings. The van der Waals surface area contributed by atoms with Gasteiger partial charge in [0, 0.05) is 5.56 Å². The van der Waals surface area contributed by atoms with Crippen molar-refractivity contribution < 1.29 is 14.3 Å². The summed E-state index contributed by atoms with van der Waals surface area (Å²) in [6.45, 7) is 8.84. The summed E-state index contributed by atoms with van der Waals surface area (Å²) in [6.07, 6.45) is 1.98. The molecule has 2 rings (SSSR count). The molecular weight excluding hydrogens is 348 g/mol. The highest BCUT2D eigenvalue weighted by molar-refractivity contribution is 7.17. The highest BCUT2D eigenvalue weighted by Gasteiger charge is 2.18. The average molecular weight is 372 g/mol. The molecule has 1 heterocycles. The first-order valence-electron chi connectivity index (χ1n) is 8.78. The Bertz CT molecular complexity index is 806. The van der Waals surface area contributed by atoms with Crippen molar-refractivity contribution in [2.45, 2.75) is 40.5 Å². The first-order valence-corrected chi connectivity index (χ1v) is 9.59. The number of esters is 1. The van der Waals surface area contributed by atoms with Crippen molar-refractivity contribution in [1.82, 2.24) is 4.98 Å². The van der Waals surface area contributed by atoms with E-state index in [1.54, 1.807) is 19.1 Å². The van der Waals surface area contributed by atoms with Crippen LogP contribution in [0.25, 0.3) is 10.6 Å². The van der Waals surface area contributed by atoms with Gasteiger partial charge in [0.25, 0.3) is 0 Å². The van der Waals surface area contributed by atoms with Crippen LogP contribution in [0.4, 0.5) is 0 Å². The number of hydrogen-bond donors (Lipinski definition) is 0. The first-order chi connectivity index (χ1) is 12.5. The maximum absolute atomic E-state index is 12.2. The van der Waals surface area contributed by atoms with E-state index in [1.165, 1.54) is 11.3 Å². The Balaban J connectivity index is 2.22. The minimum absolute atomic E-state index is 0.282. The van der Waals surface area contributed by atoms with Gasteiger partial charge in [-0.2, -0.15) is 5.26 Å². The molecule has 138 valence electrons. The molecule has 0 aliphatic heterocycles. The lowest BCUT2D eigenvalue weighted by atomic mass is 10.1. The van der Waals surface area contributed by atoms with E-state index in [2.05, 4.69) is 18.0 Å². The molecule has 2 aromatic rings. The van der Waals surface area contributed by atoms with E-state index in [9.17, 15) is 10.1 Å². The van der Waals surface area contributed by atoms with Crippen LogP contribution >= 0.6 is 11.3 Å². The van der Waals surface area contributed by atoms with E-state index < -0.39 is 0 Å². The largest absolute Gasteiger partial charge is 0.492 e. The molecule has 0 saturated carbocycles. The van der Waals surface area contributed by atoms with Crippen LogP contribution in [0.15, 0.2) is 18.2 Å². The molecule has 0 amide bonds. The summed E-state index contributed by atoms with van der Waals surface area (Å²) in [5.41, 5.74) is 1.90. The van der Waals surface area contributed by atoms with Gasteiger partial charge in [-0.15, -0.1) is 11.3 Å². The van der Waals surface area contributed by atoms with Gasteiger partial charge in [0.2, 0.25) is 0 Å². The standard InChI is InChI=1S/C20H24N2O3S/c1-5-6-9-24-17-8-7-15(10-16(17)11-21)19-22-14(4)18(26-19)20(23)25-12-13(2)3/h7-8,10,13H,5-6,9,12H2,1-4H3. The van der Waals surface area contributed by atoms with Crippen LogP contribution < -0.4 is 4.74 Å². The Hall–Kier alpha value is -2.39. The molecule has 1 aromatic carbocycles. The summed E-state index contributed by atoms with van der Waals surface area (Å²) in [6, 6.07) is 7.58. The van der Waals surface area contributed by atoms with Crippen molar-refractivity contribution in [3.8, 4) is 22.4 Å². The van der Waals surface area contributed by atoms with E-state index in [0.717, 1.165) is 18.4 Å². The highest BCUT2D eigenvalue weighted by atomic mass is 32.1. The average Bonchev–Trinajstić information content (AvgIpc) is 3.01. The number of carbonyl (C=O) groups excluding carboxylic acids is 1. The van der Waals surface area contributed by atoms with E-state index in [0.29, 0.717) is 40.1 Å². The van der Waals surface area contributed by atoms with Gasteiger partial charge in [0.15, 0.2) is 0 Å². The van der Waals surface area contributed by atoms with Crippen LogP contribution in [0.5, 0.6) is 5.75 Å². The van der Waals surface area contributed by atoms with Crippen LogP contribution in [0.2, 0.25) is 0 Å². The summed E-state index contributed by atoms with van der Waals surface area (Å²) >= 11 is 1.28. The fraction of sp³-hybridized carbons (Fsp3) is 0.450. The smallest absolute Gasteiger partial charge is 0.350 e. The highest BCUT2D eigenvalue weighted by Crippen LogP contribution is 2.31. The fourth-order valence-electron chi connectivity index (χ4n) is 2.22. The molecule has 0 bridgehead atoms. The maximum atomic E-state index is 12.2. The monoisotopic (exact) mass is 372 g/mol. The molecule has 1 aromatic heterocycles. The van der Waals surface area contributed by atoms with Crippen LogP contribution in [0.3, 0.4) is 0 Å². The van der Waals surface area contributed by atoms with Crippen molar-refractivity contribution in [1.29, 1.82) is 5.26 Å². The van der Waals surface area contributed by atoms with Crippen molar-refractivity contribution in [2.24, 2.45) is 5.92 Å². The van der Waals surface area contributed by atoms with Gasteiger partial charge >= 0.3 is 5.97 Å². The number of hydrogen-bond acceptors (Lipinski definition) is 6. The molecule has 0 unspecified atom stereocenters. The van der Waals surface area contributed by atoms with Gasteiger partial charge in [-0.3, -0.25) is 0 Å². The Labute approximate surface area is 158 Å². The van der Waals surface area contributed by atoms with Crippen LogP contribution in [-0.4, -0.2) is 24.2 Å². The molecule has 0 fully saturated rings. The van der Waals surface area contributed by atoms with Gasteiger partial charge in [0.05, 0.1) is 24.5 Å².